The predicted molar refractivity (Wildman–Crippen MR) is 119 cm³/mol. The Labute approximate surface area is 180 Å². The zero-order chi connectivity index (χ0) is 20.8. The van der Waals surface area contributed by atoms with Crippen LogP contribution in [-0.4, -0.2) is 24.1 Å². The first-order valence-electron chi connectivity index (χ1n) is 9.80. The zero-order valence-electron chi connectivity index (χ0n) is 16.4. The summed E-state index contributed by atoms with van der Waals surface area (Å²) in [4.78, 5) is 27.4. The molecule has 0 unspecified atom stereocenters. The summed E-state index contributed by atoms with van der Waals surface area (Å²) in [6.45, 7) is 0.782. The van der Waals surface area contributed by atoms with Crippen molar-refractivity contribution in [3.05, 3.63) is 84.4 Å². The third kappa shape index (κ3) is 5.02. The number of hydrogen-bond acceptors (Lipinski definition) is 4. The second kappa shape index (κ2) is 9.50. The molecule has 0 aromatic heterocycles. The Hall–Kier alpha value is -3.25. The maximum absolute atomic E-state index is 12.4. The SMILES string of the molecule is O=C(CCN1C(=O)CSc2ccccc21)NCc1cccc(Oc2ccccc2)c1. The van der Waals surface area contributed by atoms with Gasteiger partial charge < -0.3 is 15.0 Å². The first-order chi connectivity index (χ1) is 14.7. The van der Waals surface area contributed by atoms with E-state index in [9.17, 15) is 9.59 Å². The van der Waals surface area contributed by atoms with Gasteiger partial charge in [-0.3, -0.25) is 9.59 Å². The second-order valence-electron chi connectivity index (χ2n) is 6.89. The molecule has 4 rings (SSSR count). The molecular formula is C24H22N2O3S. The number of para-hydroxylation sites is 2. The molecular weight excluding hydrogens is 396 g/mol. The monoisotopic (exact) mass is 418 g/mol. The standard InChI is InChI=1S/C24H22N2O3S/c27-23(13-14-26-21-11-4-5-12-22(21)30-17-24(26)28)25-16-18-7-6-10-20(15-18)29-19-8-2-1-3-9-19/h1-12,15H,13-14,16-17H2,(H,25,27). The maximum Gasteiger partial charge on any atom is 0.237 e. The molecule has 5 nitrogen and oxygen atoms in total. The van der Waals surface area contributed by atoms with Crippen LogP contribution in [0.2, 0.25) is 0 Å². The Balaban J connectivity index is 1.30. The van der Waals surface area contributed by atoms with E-state index in [-0.39, 0.29) is 18.2 Å². The lowest BCUT2D eigenvalue weighted by Crippen LogP contribution is -2.38. The van der Waals surface area contributed by atoms with E-state index in [4.69, 9.17) is 4.74 Å². The highest BCUT2D eigenvalue weighted by molar-refractivity contribution is 8.00. The molecule has 0 bridgehead atoms. The third-order valence-electron chi connectivity index (χ3n) is 4.74. The lowest BCUT2D eigenvalue weighted by atomic mass is 10.2. The van der Waals surface area contributed by atoms with Gasteiger partial charge in [0.2, 0.25) is 11.8 Å². The number of ether oxygens (including phenoxy) is 1. The molecule has 152 valence electrons. The van der Waals surface area contributed by atoms with Crippen LogP contribution in [0.25, 0.3) is 0 Å². The van der Waals surface area contributed by atoms with Gasteiger partial charge in [-0.25, -0.2) is 0 Å². The number of carbonyl (C=O) groups excluding carboxylic acids is 2. The Morgan fingerprint density at radius 2 is 1.73 bits per heavy atom. The average Bonchev–Trinajstić information content (AvgIpc) is 2.78. The van der Waals surface area contributed by atoms with E-state index in [1.54, 1.807) is 16.7 Å². The quantitative estimate of drug-likeness (QED) is 0.608. The summed E-state index contributed by atoms with van der Waals surface area (Å²) in [6.07, 6.45) is 0.255. The first kappa shape index (κ1) is 20.0. The smallest absolute Gasteiger partial charge is 0.237 e. The van der Waals surface area contributed by atoms with Crippen LogP contribution in [0, 0.1) is 0 Å². The van der Waals surface area contributed by atoms with Gasteiger partial charge in [-0.1, -0.05) is 42.5 Å². The topological polar surface area (TPSA) is 58.6 Å². The van der Waals surface area contributed by atoms with Crippen molar-refractivity contribution >= 4 is 29.3 Å². The van der Waals surface area contributed by atoms with E-state index in [1.807, 2.05) is 78.9 Å². The summed E-state index contributed by atoms with van der Waals surface area (Å²) in [6, 6.07) is 25.0. The van der Waals surface area contributed by atoms with E-state index in [1.165, 1.54) is 0 Å². The molecule has 1 aliphatic heterocycles. The Morgan fingerprint density at radius 3 is 2.60 bits per heavy atom. The number of anilines is 1. The van der Waals surface area contributed by atoms with Crippen molar-refractivity contribution in [2.45, 2.75) is 17.9 Å². The second-order valence-corrected chi connectivity index (χ2v) is 7.91. The Morgan fingerprint density at radius 1 is 0.967 bits per heavy atom. The number of thioether (sulfide) groups is 1. The van der Waals surface area contributed by atoms with Crippen LogP contribution in [0.3, 0.4) is 0 Å². The maximum atomic E-state index is 12.4. The average molecular weight is 419 g/mol. The van der Waals surface area contributed by atoms with Gasteiger partial charge in [0.05, 0.1) is 11.4 Å². The van der Waals surface area contributed by atoms with Crippen molar-refractivity contribution in [3.8, 4) is 11.5 Å². The molecule has 3 aromatic rings. The van der Waals surface area contributed by atoms with Crippen molar-refractivity contribution in [2.24, 2.45) is 0 Å². The highest BCUT2D eigenvalue weighted by atomic mass is 32.2. The Bertz CT molecular complexity index is 1040. The number of amides is 2. The zero-order valence-corrected chi connectivity index (χ0v) is 17.2. The Kier molecular flexibility index (Phi) is 6.35. The van der Waals surface area contributed by atoms with E-state index in [0.29, 0.717) is 18.8 Å². The summed E-state index contributed by atoms with van der Waals surface area (Å²) in [7, 11) is 0. The summed E-state index contributed by atoms with van der Waals surface area (Å²) < 4.78 is 5.84. The van der Waals surface area contributed by atoms with E-state index in [0.717, 1.165) is 27.6 Å². The molecule has 0 aliphatic carbocycles. The van der Waals surface area contributed by atoms with Crippen LogP contribution in [0.1, 0.15) is 12.0 Å². The molecule has 0 saturated heterocycles. The van der Waals surface area contributed by atoms with Gasteiger partial charge in [0.1, 0.15) is 11.5 Å². The van der Waals surface area contributed by atoms with Gasteiger partial charge in [0.25, 0.3) is 0 Å². The van der Waals surface area contributed by atoms with Crippen molar-refractivity contribution in [2.75, 3.05) is 17.2 Å². The molecule has 6 heteroatoms. The van der Waals surface area contributed by atoms with E-state index >= 15 is 0 Å². The van der Waals surface area contributed by atoms with Gasteiger partial charge in [0.15, 0.2) is 0 Å². The van der Waals surface area contributed by atoms with E-state index in [2.05, 4.69) is 5.32 Å². The number of fused-ring (bicyclic) bond motifs is 1. The fourth-order valence-corrected chi connectivity index (χ4v) is 4.18. The summed E-state index contributed by atoms with van der Waals surface area (Å²) in [5.74, 6) is 1.85. The molecule has 3 aromatic carbocycles. The number of nitrogens with one attached hydrogen (secondary N) is 1. The molecule has 0 saturated carbocycles. The highest BCUT2D eigenvalue weighted by Gasteiger charge is 2.24. The van der Waals surface area contributed by atoms with Crippen molar-refractivity contribution < 1.29 is 14.3 Å². The molecule has 1 heterocycles. The highest BCUT2D eigenvalue weighted by Crippen LogP contribution is 2.34. The van der Waals surface area contributed by atoms with Gasteiger partial charge in [-0.2, -0.15) is 0 Å². The van der Waals surface area contributed by atoms with Gasteiger partial charge in [0, 0.05) is 24.4 Å². The largest absolute Gasteiger partial charge is 0.457 e. The van der Waals surface area contributed by atoms with E-state index < -0.39 is 0 Å². The summed E-state index contributed by atoms with van der Waals surface area (Å²) >= 11 is 1.54. The number of nitrogens with zero attached hydrogens (tertiary/aromatic N) is 1. The molecule has 0 fully saturated rings. The molecule has 1 aliphatic rings. The minimum atomic E-state index is -0.0899. The lowest BCUT2D eigenvalue weighted by Gasteiger charge is -2.28. The molecule has 1 N–H and O–H groups in total. The minimum Gasteiger partial charge on any atom is -0.457 e. The van der Waals surface area contributed by atoms with Crippen molar-refractivity contribution in [3.63, 3.8) is 0 Å². The van der Waals surface area contributed by atoms with Crippen molar-refractivity contribution in [1.29, 1.82) is 0 Å². The van der Waals surface area contributed by atoms with Crippen LogP contribution in [0.4, 0.5) is 5.69 Å². The fourth-order valence-electron chi connectivity index (χ4n) is 3.25. The first-order valence-corrected chi connectivity index (χ1v) is 10.8. The third-order valence-corrected chi connectivity index (χ3v) is 5.79. The summed E-state index contributed by atoms with van der Waals surface area (Å²) in [5, 5.41) is 2.93. The van der Waals surface area contributed by atoms with Crippen LogP contribution in [0.15, 0.2) is 83.8 Å². The molecule has 30 heavy (non-hydrogen) atoms. The predicted octanol–water partition coefficient (Wildman–Crippen LogP) is 4.62. The molecule has 0 radical (unpaired) electrons. The lowest BCUT2D eigenvalue weighted by molar-refractivity contribution is -0.121. The van der Waals surface area contributed by atoms with Crippen molar-refractivity contribution in [1.82, 2.24) is 5.32 Å². The van der Waals surface area contributed by atoms with Gasteiger partial charge in [-0.05, 0) is 42.0 Å². The molecule has 0 atom stereocenters. The molecule has 2 amide bonds. The fraction of sp³-hybridized carbons (Fsp3) is 0.167. The molecule has 0 spiro atoms. The number of hydrogen-bond donors (Lipinski definition) is 1. The normalized spacial score (nSPS) is 12.9. The summed E-state index contributed by atoms with van der Waals surface area (Å²) in [5.41, 5.74) is 1.84. The number of benzene rings is 3. The van der Waals surface area contributed by atoms with Gasteiger partial charge in [-0.15, -0.1) is 11.8 Å². The van der Waals surface area contributed by atoms with Crippen LogP contribution < -0.4 is 15.0 Å². The minimum absolute atomic E-state index is 0.0391. The van der Waals surface area contributed by atoms with Crippen LogP contribution in [0.5, 0.6) is 11.5 Å². The van der Waals surface area contributed by atoms with Crippen LogP contribution in [-0.2, 0) is 16.1 Å². The number of rotatable bonds is 7. The number of carbonyl (C=O) groups is 2. The van der Waals surface area contributed by atoms with Gasteiger partial charge >= 0.3 is 0 Å². The van der Waals surface area contributed by atoms with Crippen LogP contribution >= 0.6 is 11.8 Å².